The van der Waals surface area contributed by atoms with Crippen LogP contribution < -0.4 is 5.73 Å². The standard InChI is InChI=1S/C17H14N2O3.C13H11NO/c1-10-3-4-14(16-19-18-11(2)22-16)9-15(10)12-5-7-13(8-6-12)17(20)21;14-13(15)12-8-6-11(7-9-12)10-4-2-1-3-5-10/h3-9H,1-2H3,(H,20,21);1-9H,(H2,14,15). The van der Waals surface area contributed by atoms with Gasteiger partial charge in [-0.05, 0) is 71.1 Å². The highest BCUT2D eigenvalue weighted by atomic mass is 16.4. The van der Waals surface area contributed by atoms with Gasteiger partial charge in [0.05, 0.1) is 5.56 Å². The van der Waals surface area contributed by atoms with Gasteiger partial charge in [-0.2, -0.15) is 0 Å². The minimum Gasteiger partial charge on any atom is -0.478 e. The van der Waals surface area contributed by atoms with Gasteiger partial charge in [0.25, 0.3) is 0 Å². The third-order valence-electron chi connectivity index (χ3n) is 5.73. The highest BCUT2D eigenvalue weighted by molar-refractivity contribution is 5.93. The van der Waals surface area contributed by atoms with Crippen LogP contribution in [0.1, 0.15) is 32.2 Å². The maximum atomic E-state index is 10.9. The van der Waals surface area contributed by atoms with Gasteiger partial charge in [0.1, 0.15) is 0 Å². The molecule has 0 saturated heterocycles. The fourth-order valence-corrected chi connectivity index (χ4v) is 3.73. The van der Waals surface area contributed by atoms with Crippen molar-refractivity contribution in [3.8, 4) is 33.7 Å². The number of carboxylic acid groups (broad SMARTS) is 1. The number of nitrogens with zero attached hydrogens (tertiary/aromatic N) is 2. The molecule has 0 radical (unpaired) electrons. The Bertz CT molecular complexity index is 1520. The maximum Gasteiger partial charge on any atom is 0.335 e. The van der Waals surface area contributed by atoms with Crippen LogP contribution in [0.2, 0.25) is 0 Å². The Morgan fingerprint density at radius 3 is 1.84 bits per heavy atom. The van der Waals surface area contributed by atoms with Crippen molar-refractivity contribution in [3.63, 3.8) is 0 Å². The molecule has 0 fully saturated rings. The van der Waals surface area contributed by atoms with Crippen LogP contribution in [0.4, 0.5) is 0 Å². The van der Waals surface area contributed by atoms with E-state index in [4.69, 9.17) is 15.3 Å². The van der Waals surface area contributed by atoms with Gasteiger partial charge < -0.3 is 15.3 Å². The molecule has 0 saturated carbocycles. The number of nitrogens with two attached hydrogens (primary N) is 1. The van der Waals surface area contributed by atoms with Crippen LogP contribution in [0.5, 0.6) is 0 Å². The summed E-state index contributed by atoms with van der Waals surface area (Å²) in [5, 5.41) is 16.8. The summed E-state index contributed by atoms with van der Waals surface area (Å²) in [7, 11) is 0. The van der Waals surface area contributed by atoms with E-state index in [9.17, 15) is 9.59 Å². The molecule has 0 spiro atoms. The zero-order valence-corrected chi connectivity index (χ0v) is 20.4. The van der Waals surface area contributed by atoms with Gasteiger partial charge in [-0.15, -0.1) is 10.2 Å². The molecular formula is C30H25N3O4. The van der Waals surface area contributed by atoms with Gasteiger partial charge in [-0.3, -0.25) is 4.79 Å². The van der Waals surface area contributed by atoms with Gasteiger partial charge in [0, 0.05) is 18.1 Å². The summed E-state index contributed by atoms with van der Waals surface area (Å²) < 4.78 is 5.45. The Morgan fingerprint density at radius 1 is 0.703 bits per heavy atom. The minimum atomic E-state index is -0.932. The lowest BCUT2D eigenvalue weighted by molar-refractivity contribution is 0.0696. The van der Waals surface area contributed by atoms with Crippen LogP contribution in [-0.4, -0.2) is 27.2 Å². The monoisotopic (exact) mass is 491 g/mol. The number of hydrogen-bond donors (Lipinski definition) is 2. The summed E-state index contributed by atoms with van der Waals surface area (Å²) in [4.78, 5) is 21.8. The fourth-order valence-electron chi connectivity index (χ4n) is 3.73. The van der Waals surface area contributed by atoms with Crippen molar-refractivity contribution in [1.82, 2.24) is 10.2 Å². The molecule has 0 atom stereocenters. The smallest absolute Gasteiger partial charge is 0.335 e. The highest BCUT2D eigenvalue weighted by Crippen LogP contribution is 2.29. The van der Waals surface area contributed by atoms with Gasteiger partial charge in [-0.1, -0.05) is 60.7 Å². The molecule has 0 unspecified atom stereocenters. The number of primary amides is 1. The second-order valence-corrected chi connectivity index (χ2v) is 8.35. The Labute approximate surface area is 214 Å². The molecule has 4 aromatic carbocycles. The number of aryl methyl sites for hydroxylation is 2. The van der Waals surface area contributed by atoms with Crippen LogP contribution in [0.25, 0.3) is 33.7 Å². The number of aromatic carboxylic acids is 1. The summed E-state index contributed by atoms with van der Waals surface area (Å²) >= 11 is 0. The van der Waals surface area contributed by atoms with Crippen molar-refractivity contribution >= 4 is 11.9 Å². The molecule has 0 aliphatic heterocycles. The summed E-state index contributed by atoms with van der Waals surface area (Å²) in [6.45, 7) is 3.75. The Hall–Kier alpha value is -5.04. The quantitative estimate of drug-likeness (QED) is 0.303. The molecule has 5 aromatic rings. The van der Waals surface area contributed by atoms with Crippen molar-refractivity contribution in [2.75, 3.05) is 0 Å². The zero-order valence-electron chi connectivity index (χ0n) is 20.4. The van der Waals surface area contributed by atoms with Crippen molar-refractivity contribution in [3.05, 3.63) is 120 Å². The van der Waals surface area contributed by atoms with E-state index in [1.807, 2.05) is 67.6 Å². The molecule has 7 heteroatoms. The van der Waals surface area contributed by atoms with E-state index < -0.39 is 11.9 Å². The molecule has 1 aromatic heterocycles. The van der Waals surface area contributed by atoms with Gasteiger partial charge in [-0.25, -0.2) is 4.79 Å². The van der Waals surface area contributed by atoms with Crippen molar-refractivity contribution in [2.45, 2.75) is 13.8 Å². The zero-order chi connectivity index (χ0) is 26.4. The first-order valence-electron chi connectivity index (χ1n) is 11.5. The summed E-state index contributed by atoms with van der Waals surface area (Å²) in [5.74, 6) is -0.336. The largest absolute Gasteiger partial charge is 0.478 e. The molecule has 7 nitrogen and oxygen atoms in total. The van der Waals surface area contributed by atoms with Crippen LogP contribution in [0.3, 0.4) is 0 Å². The molecule has 184 valence electrons. The first kappa shape index (κ1) is 25.1. The van der Waals surface area contributed by atoms with E-state index in [-0.39, 0.29) is 5.56 Å². The topological polar surface area (TPSA) is 119 Å². The normalized spacial score (nSPS) is 10.3. The minimum absolute atomic E-state index is 0.269. The van der Waals surface area contributed by atoms with Crippen LogP contribution in [0.15, 0.2) is 101 Å². The second-order valence-electron chi connectivity index (χ2n) is 8.35. The third-order valence-corrected chi connectivity index (χ3v) is 5.73. The Balaban J connectivity index is 0.000000186. The molecule has 0 bridgehead atoms. The number of rotatable bonds is 5. The SMILES string of the molecule is Cc1nnc(-c2ccc(C)c(-c3ccc(C(=O)O)cc3)c2)o1.NC(=O)c1ccc(-c2ccccc2)cc1. The van der Waals surface area contributed by atoms with Crippen molar-refractivity contribution in [2.24, 2.45) is 5.73 Å². The van der Waals surface area contributed by atoms with Gasteiger partial charge >= 0.3 is 5.97 Å². The lowest BCUT2D eigenvalue weighted by Crippen LogP contribution is -2.10. The summed E-state index contributed by atoms with van der Waals surface area (Å²) in [6, 6.07) is 29.9. The number of benzene rings is 4. The molecular weight excluding hydrogens is 466 g/mol. The number of carbonyl (C=O) groups excluding carboxylic acids is 1. The van der Waals surface area contributed by atoms with Crippen LogP contribution in [0, 0.1) is 13.8 Å². The van der Waals surface area contributed by atoms with E-state index in [1.165, 1.54) is 0 Å². The molecule has 1 amide bonds. The van der Waals surface area contributed by atoms with E-state index in [0.29, 0.717) is 17.3 Å². The molecule has 3 N–H and O–H groups in total. The number of amides is 1. The fraction of sp³-hybridized carbons (Fsp3) is 0.0667. The first-order valence-corrected chi connectivity index (χ1v) is 11.5. The predicted molar refractivity (Wildman–Crippen MR) is 142 cm³/mol. The maximum absolute atomic E-state index is 10.9. The van der Waals surface area contributed by atoms with E-state index in [2.05, 4.69) is 10.2 Å². The second kappa shape index (κ2) is 11.1. The number of carbonyl (C=O) groups is 2. The van der Waals surface area contributed by atoms with Crippen LogP contribution >= 0.6 is 0 Å². The van der Waals surface area contributed by atoms with Crippen LogP contribution in [-0.2, 0) is 0 Å². The lowest BCUT2D eigenvalue weighted by Gasteiger charge is -2.08. The molecule has 0 aliphatic carbocycles. The van der Waals surface area contributed by atoms with Gasteiger partial charge in [0.2, 0.25) is 17.7 Å². The average molecular weight is 492 g/mol. The van der Waals surface area contributed by atoms with E-state index >= 15 is 0 Å². The van der Waals surface area contributed by atoms with Gasteiger partial charge in [0.15, 0.2) is 0 Å². The third kappa shape index (κ3) is 6.15. The average Bonchev–Trinajstić information content (AvgIpc) is 3.36. The molecule has 1 heterocycles. The number of carboxylic acids is 1. The predicted octanol–water partition coefficient (Wildman–Crippen LogP) is 6.17. The number of aromatic nitrogens is 2. The highest BCUT2D eigenvalue weighted by Gasteiger charge is 2.10. The van der Waals surface area contributed by atoms with Crippen molar-refractivity contribution in [1.29, 1.82) is 0 Å². The summed E-state index contributed by atoms with van der Waals surface area (Å²) in [5.41, 5.74) is 12.1. The number of hydrogen-bond acceptors (Lipinski definition) is 5. The first-order chi connectivity index (χ1) is 17.8. The molecule has 5 rings (SSSR count). The van der Waals surface area contributed by atoms with E-state index in [0.717, 1.165) is 33.4 Å². The lowest BCUT2D eigenvalue weighted by atomic mass is 9.97. The molecule has 0 aliphatic rings. The van der Waals surface area contributed by atoms with E-state index in [1.54, 1.807) is 43.3 Å². The van der Waals surface area contributed by atoms with Crippen molar-refractivity contribution < 1.29 is 19.1 Å². The Kier molecular flexibility index (Phi) is 7.54. The Morgan fingerprint density at radius 2 is 1.27 bits per heavy atom. The molecule has 37 heavy (non-hydrogen) atoms. The summed E-state index contributed by atoms with van der Waals surface area (Å²) in [6.07, 6.45) is 0.